The van der Waals surface area contributed by atoms with Crippen molar-refractivity contribution in [3.05, 3.63) is 75.6 Å². The maximum absolute atomic E-state index is 14.8. The number of benzene rings is 1. The maximum atomic E-state index is 14.8. The van der Waals surface area contributed by atoms with E-state index in [1.165, 1.54) is 1.33 Å². The quantitative estimate of drug-likeness (QED) is 0.187. The molecule has 0 saturated carbocycles. The molecule has 0 aliphatic carbocycles. The zero-order chi connectivity index (χ0) is 25.4. The first-order chi connectivity index (χ1) is 15.7. The minimum absolute atomic E-state index is 0.0132. The third-order valence-electron chi connectivity index (χ3n) is 4.31. The normalized spacial score (nSPS) is 11.9. The van der Waals surface area contributed by atoms with Gasteiger partial charge in [-0.25, -0.2) is 9.37 Å². The van der Waals surface area contributed by atoms with Crippen molar-refractivity contribution in [2.45, 2.75) is 12.4 Å². The number of nitrogens with zero attached hydrogens (tertiary/aromatic N) is 2. The van der Waals surface area contributed by atoms with E-state index in [1.54, 1.807) is 45.7 Å². The van der Waals surface area contributed by atoms with Gasteiger partial charge in [0.1, 0.15) is 11.5 Å². The average Bonchev–Trinajstić information content (AvgIpc) is 2.73. The smallest absolute Gasteiger partial charge is 0.328 e. The standard InChI is InChI=1S/C19H9F7I2N4O2/c20-11-6-14(32(27)28)13(4-8(11)12-2-1-3-15(30-12)19(24,25)26)31-17(34)9-7-29-16(33)5-10(9)18(21,22)23/h1-7H,(H,29,33)(H,31,34). The molecular weight excluding hydrogens is 703 g/mol. The lowest BCUT2D eigenvalue weighted by molar-refractivity contribution is -0.141. The van der Waals surface area contributed by atoms with Gasteiger partial charge in [0.25, 0.3) is 5.91 Å². The summed E-state index contributed by atoms with van der Waals surface area (Å²) in [7, 11) is 0. The number of hydrogen-bond acceptors (Lipinski definition) is 4. The predicted octanol–water partition coefficient (Wildman–Crippen LogP) is 6.37. The zero-order valence-corrected chi connectivity index (χ0v) is 20.5. The molecule has 2 heterocycles. The van der Waals surface area contributed by atoms with Gasteiger partial charge in [0.2, 0.25) is 5.56 Å². The number of H-pyrrole nitrogens is 1. The third kappa shape index (κ3) is 5.78. The summed E-state index contributed by atoms with van der Waals surface area (Å²) in [5, 5.41) is 2.19. The van der Waals surface area contributed by atoms with Crippen LogP contribution >= 0.6 is 45.7 Å². The van der Waals surface area contributed by atoms with E-state index in [-0.39, 0.29) is 17.4 Å². The Morgan fingerprint density at radius 2 is 1.71 bits per heavy atom. The van der Waals surface area contributed by atoms with Crippen LogP contribution in [0.5, 0.6) is 0 Å². The van der Waals surface area contributed by atoms with Gasteiger partial charge in [0, 0.05) is 23.9 Å². The number of halogens is 9. The molecule has 0 bridgehead atoms. The number of aromatic amines is 1. The molecule has 0 atom stereocenters. The highest BCUT2D eigenvalue weighted by Gasteiger charge is 2.36. The van der Waals surface area contributed by atoms with Crippen molar-refractivity contribution in [2.75, 3.05) is 6.64 Å². The fourth-order valence-electron chi connectivity index (χ4n) is 2.83. The van der Waals surface area contributed by atoms with Crippen molar-refractivity contribution in [2.24, 2.45) is 0 Å². The van der Waals surface area contributed by atoms with E-state index < -0.39 is 57.7 Å². The van der Waals surface area contributed by atoms with Crippen LogP contribution in [-0.2, 0) is 12.4 Å². The fraction of sp³-hybridized carbons (Fsp3) is 0.105. The Bertz CT molecular complexity index is 1310. The topological polar surface area (TPSA) is 78.1 Å². The zero-order valence-electron chi connectivity index (χ0n) is 16.2. The van der Waals surface area contributed by atoms with Gasteiger partial charge in [-0.1, -0.05) is 6.07 Å². The number of nitrogens with one attached hydrogen (secondary N) is 2. The molecule has 6 nitrogen and oxygen atoms in total. The van der Waals surface area contributed by atoms with E-state index >= 15 is 0 Å². The Hall–Kier alpha value is -2.44. The van der Waals surface area contributed by atoms with Crippen molar-refractivity contribution in [3.8, 4) is 11.3 Å². The molecule has 0 spiro atoms. The second kappa shape index (κ2) is 9.67. The summed E-state index contributed by atoms with van der Waals surface area (Å²) < 4.78 is 95.0. The summed E-state index contributed by atoms with van der Waals surface area (Å²) in [6, 6.07) is 4.84. The second-order valence-corrected chi connectivity index (χ2v) is 10.3. The molecule has 1 aromatic carbocycles. The fourth-order valence-corrected chi connectivity index (χ4v) is 3.62. The van der Waals surface area contributed by atoms with Crippen molar-refractivity contribution in [3.63, 3.8) is 0 Å². The summed E-state index contributed by atoms with van der Waals surface area (Å²) in [5.41, 5.74) is -5.88. The Morgan fingerprint density at radius 3 is 2.29 bits per heavy atom. The summed E-state index contributed by atoms with van der Waals surface area (Å²) >= 11 is 3.38. The number of carbonyl (C=O) groups is 1. The molecule has 0 aliphatic heterocycles. The molecule has 3 rings (SSSR count). The minimum Gasteiger partial charge on any atom is -0.328 e. The molecule has 0 saturated heterocycles. The monoisotopic (exact) mass is 712 g/mol. The molecule has 0 radical (unpaired) electrons. The van der Waals surface area contributed by atoms with E-state index in [0.29, 0.717) is 12.3 Å². The molecule has 1 amide bonds. The van der Waals surface area contributed by atoms with Crippen LogP contribution in [0.2, 0.25) is 0 Å². The average molecular weight is 712 g/mol. The minimum atomic E-state index is -5.03. The molecule has 3 aromatic rings. The Balaban J connectivity index is 2.11. The molecule has 15 heteroatoms. The molecule has 0 aliphatic rings. The lowest BCUT2D eigenvalue weighted by Crippen LogP contribution is -2.23. The van der Waals surface area contributed by atoms with Gasteiger partial charge >= 0.3 is 12.4 Å². The van der Waals surface area contributed by atoms with Gasteiger partial charge in [0.05, 0.1) is 73.9 Å². The molecule has 0 fully saturated rings. The van der Waals surface area contributed by atoms with Crippen LogP contribution in [0.4, 0.5) is 42.1 Å². The van der Waals surface area contributed by atoms with Crippen LogP contribution in [-0.4, -0.2) is 15.9 Å². The van der Waals surface area contributed by atoms with Crippen molar-refractivity contribution in [1.82, 2.24) is 9.97 Å². The van der Waals surface area contributed by atoms with E-state index in [0.717, 1.165) is 24.3 Å². The third-order valence-corrected chi connectivity index (χ3v) is 5.35. The highest BCUT2D eigenvalue weighted by Crippen LogP contribution is 2.38. The largest absolute Gasteiger partial charge is 0.433 e. The first-order valence-corrected chi connectivity index (χ1v) is 10.7. The predicted molar refractivity (Wildman–Crippen MR) is 125 cm³/mol. The summed E-state index contributed by atoms with van der Waals surface area (Å²) in [5.74, 6) is -2.28. The van der Waals surface area contributed by atoms with Gasteiger partial charge in [-0.05, 0) is 18.2 Å². The number of alkyl halides is 6. The van der Waals surface area contributed by atoms with Gasteiger partial charge in [0.15, 0.2) is 0 Å². The maximum Gasteiger partial charge on any atom is 0.433 e. The summed E-state index contributed by atoms with van der Waals surface area (Å²) in [6.45, 7) is 0. The van der Waals surface area contributed by atoms with Crippen LogP contribution in [0, 0.1) is 5.82 Å². The van der Waals surface area contributed by atoms with Gasteiger partial charge in [-0.2, -0.15) is 26.3 Å². The van der Waals surface area contributed by atoms with Crippen molar-refractivity contribution < 1.29 is 35.5 Å². The second-order valence-electron chi connectivity index (χ2n) is 6.56. The molecule has 180 valence electrons. The Labute approximate surface area is 213 Å². The lowest BCUT2D eigenvalue weighted by atomic mass is 10.1. The molecular formula is C19H9F7I2N4O2. The van der Waals surface area contributed by atoms with E-state index in [4.69, 9.17) is 0 Å². The summed E-state index contributed by atoms with van der Waals surface area (Å²) in [4.78, 5) is 29.4. The van der Waals surface area contributed by atoms with Crippen LogP contribution < -0.4 is 12.2 Å². The van der Waals surface area contributed by atoms with Crippen molar-refractivity contribution >= 4 is 63.0 Å². The molecule has 2 N–H and O–H groups in total. The van der Waals surface area contributed by atoms with Crippen LogP contribution in [0.3, 0.4) is 0 Å². The van der Waals surface area contributed by atoms with Crippen LogP contribution in [0.1, 0.15) is 21.6 Å². The SMILES string of the molecule is O=C(Nc1cc(-c2cccc(C(F)(F)F)n2)c(F)cc1N(I)I)c1c[nH]c(=O)cc1C(F)(F)F. The van der Waals surface area contributed by atoms with E-state index in [9.17, 15) is 40.3 Å². The van der Waals surface area contributed by atoms with Crippen molar-refractivity contribution in [1.29, 1.82) is 0 Å². The number of anilines is 2. The van der Waals surface area contributed by atoms with Gasteiger partial charge in [-0.3, -0.25) is 10.9 Å². The number of rotatable bonds is 4. The number of pyridine rings is 2. The molecule has 34 heavy (non-hydrogen) atoms. The van der Waals surface area contributed by atoms with E-state index in [1.807, 2.05) is 4.98 Å². The van der Waals surface area contributed by atoms with Crippen LogP contribution in [0.25, 0.3) is 11.3 Å². The molecule has 0 unspecified atom stereocenters. The Morgan fingerprint density at radius 1 is 1.03 bits per heavy atom. The number of hydrogen-bond donors (Lipinski definition) is 2. The number of aromatic nitrogens is 2. The number of carbonyl (C=O) groups excluding carboxylic acids is 1. The Kier molecular flexibility index (Phi) is 7.44. The highest BCUT2D eigenvalue weighted by molar-refractivity contribution is 14.2. The van der Waals surface area contributed by atoms with Gasteiger partial charge in [-0.15, -0.1) is 0 Å². The lowest BCUT2D eigenvalue weighted by Gasteiger charge is -2.18. The first-order valence-electron chi connectivity index (χ1n) is 8.79. The van der Waals surface area contributed by atoms with Crippen LogP contribution in [0.15, 0.2) is 47.4 Å². The molecule has 2 aromatic heterocycles. The van der Waals surface area contributed by atoms with E-state index in [2.05, 4.69) is 10.3 Å². The van der Waals surface area contributed by atoms with Gasteiger partial charge < -0.3 is 10.3 Å². The number of amides is 1. The first kappa shape index (κ1) is 26.2. The summed E-state index contributed by atoms with van der Waals surface area (Å²) in [6.07, 6.45) is -9.26. The highest BCUT2D eigenvalue weighted by atomic mass is 127.